The van der Waals surface area contributed by atoms with Crippen molar-refractivity contribution in [3.8, 4) is 0 Å². The molecule has 0 radical (unpaired) electrons. The molecule has 0 aliphatic heterocycles. The summed E-state index contributed by atoms with van der Waals surface area (Å²) in [5.41, 5.74) is 0.894. The zero-order valence-corrected chi connectivity index (χ0v) is 15.3. The Balaban J connectivity index is 1.82. The quantitative estimate of drug-likeness (QED) is 0.695. The average Bonchev–Trinajstić information content (AvgIpc) is 2.61. The van der Waals surface area contributed by atoms with Crippen LogP contribution in [0.2, 0.25) is 0 Å². The van der Waals surface area contributed by atoms with Crippen LogP contribution < -0.4 is 5.32 Å². The maximum atomic E-state index is 12.1. The highest BCUT2D eigenvalue weighted by molar-refractivity contribution is 7.98. The molecule has 5 heteroatoms. The van der Waals surface area contributed by atoms with Crippen LogP contribution in [0, 0.1) is 5.41 Å². The van der Waals surface area contributed by atoms with Crippen molar-refractivity contribution in [1.29, 1.82) is 0 Å². The third-order valence-electron chi connectivity index (χ3n) is 3.98. The van der Waals surface area contributed by atoms with Crippen molar-refractivity contribution in [1.82, 2.24) is 5.32 Å². The number of thioether (sulfide) groups is 1. The summed E-state index contributed by atoms with van der Waals surface area (Å²) >= 11 is 1.75. The minimum absolute atomic E-state index is 0.177. The molecule has 4 nitrogen and oxygen atoms in total. The zero-order chi connectivity index (χ0) is 18.3. The molecule has 0 saturated carbocycles. The Morgan fingerprint density at radius 1 is 1.04 bits per heavy atom. The van der Waals surface area contributed by atoms with Gasteiger partial charge in [0, 0.05) is 22.8 Å². The Morgan fingerprint density at radius 2 is 1.68 bits per heavy atom. The van der Waals surface area contributed by atoms with Crippen LogP contribution in [0.5, 0.6) is 0 Å². The van der Waals surface area contributed by atoms with Crippen LogP contribution in [0.15, 0.2) is 59.5 Å². The number of carboxylic acid groups (broad SMARTS) is 1. The van der Waals surface area contributed by atoms with E-state index in [-0.39, 0.29) is 5.91 Å². The fourth-order valence-electron chi connectivity index (χ4n) is 2.13. The SMILES string of the molecule is CC(C)(CCNC(=O)c1ccc(CSc2ccccc2)cc1)C(=O)O. The normalized spacial score (nSPS) is 11.1. The molecular formula is C20H23NO3S. The van der Waals surface area contributed by atoms with Crippen LogP contribution >= 0.6 is 11.8 Å². The van der Waals surface area contributed by atoms with E-state index in [2.05, 4.69) is 17.4 Å². The van der Waals surface area contributed by atoms with E-state index >= 15 is 0 Å². The number of carboxylic acids is 1. The fraction of sp³-hybridized carbons (Fsp3) is 0.300. The maximum absolute atomic E-state index is 12.1. The van der Waals surface area contributed by atoms with E-state index in [1.165, 1.54) is 4.90 Å². The summed E-state index contributed by atoms with van der Waals surface area (Å²) < 4.78 is 0. The lowest BCUT2D eigenvalue weighted by molar-refractivity contribution is -0.147. The highest BCUT2D eigenvalue weighted by atomic mass is 32.2. The number of carbonyl (C=O) groups is 2. The van der Waals surface area contributed by atoms with Gasteiger partial charge in [-0.25, -0.2) is 0 Å². The van der Waals surface area contributed by atoms with E-state index in [1.54, 1.807) is 37.7 Å². The van der Waals surface area contributed by atoms with E-state index in [0.29, 0.717) is 18.5 Å². The lowest BCUT2D eigenvalue weighted by Crippen LogP contribution is -2.31. The van der Waals surface area contributed by atoms with Gasteiger partial charge in [-0.2, -0.15) is 0 Å². The van der Waals surface area contributed by atoms with Gasteiger partial charge in [0.05, 0.1) is 5.41 Å². The van der Waals surface area contributed by atoms with Gasteiger partial charge in [0.15, 0.2) is 0 Å². The maximum Gasteiger partial charge on any atom is 0.309 e. The first-order chi connectivity index (χ1) is 11.9. The Hall–Kier alpha value is -2.27. The smallest absolute Gasteiger partial charge is 0.309 e. The molecule has 132 valence electrons. The third-order valence-corrected chi connectivity index (χ3v) is 5.06. The monoisotopic (exact) mass is 357 g/mol. The first kappa shape index (κ1) is 19.1. The van der Waals surface area contributed by atoms with Gasteiger partial charge >= 0.3 is 5.97 Å². The number of aliphatic carboxylic acids is 1. The Bertz CT molecular complexity index is 711. The number of nitrogens with one attached hydrogen (secondary N) is 1. The van der Waals surface area contributed by atoms with Gasteiger partial charge in [0.25, 0.3) is 5.91 Å². The summed E-state index contributed by atoms with van der Waals surface area (Å²) in [5.74, 6) is -0.191. The van der Waals surface area contributed by atoms with Crippen molar-refractivity contribution in [3.63, 3.8) is 0 Å². The van der Waals surface area contributed by atoms with Crippen LogP contribution in [0.25, 0.3) is 0 Å². The molecule has 0 bridgehead atoms. The predicted octanol–water partition coefficient (Wildman–Crippen LogP) is 4.21. The van der Waals surface area contributed by atoms with Crippen molar-refractivity contribution < 1.29 is 14.7 Å². The summed E-state index contributed by atoms with van der Waals surface area (Å²) in [6.07, 6.45) is 0.389. The van der Waals surface area contributed by atoms with E-state index in [1.807, 2.05) is 30.3 Å². The summed E-state index contributed by atoms with van der Waals surface area (Å²) in [5, 5.41) is 11.9. The molecule has 0 unspecified atom stereocenters. The van der Waals surface area contributed by atoms with E-state index in [9.17, 15) is 9.59 Å². The van der Waals surface area contributed by atoms with Gasteiger partial charge in [0.1, 0.15) is 0 Å². The van der Waals surface area contributed by atoms with Gasteiger partial charge in [-0.1, -0.05) is 30.3 Å². The van der Waals surface area contributed by atoms with E-state index in [4.69, 9.17) is 5.11 Å². The van der Waals surface area contributed by atoms with Crippen LogP contribution in [0.3, 0.4) is 0 Å². The molecular weight excluding hydrogens is 334 g/mol. The van der Waals surface area contributed by atoms with Crippen molar-refractivity contribution in [3.05, 3.63) is 65.7 Å². The molecule has 0 aliphatic rings. The molecule has 0 atom stereocenters. The first-order valence-electron chi connectivity index (χ1n) is 8.17. The second-order valence-electron chi connectivity index (χ2n) is 6.49. The largest absolute Gasteiger partial charge is 0.481 e. The highest BCUT2D eigenvalue weighted by Gasteiger charge is 2.26. The second kappa shape index (κ2) is 8.72. The van der Waals surface area contributed by atoms with Crippen LogP contribution in [-0.2, 0) is 10.5 Å². The van der Waals surface area contributed by atoms with Crippen molar-refractivity contribution in [2.24, 2.45) is 5.41 Å². The highest BCUT2D eigenvalue weighted by Crippen LogP contribution is 2.22. The molecule has 0 spiro atoms. The lowest BCUT2D eigenvalue weighted by atomic mass is 9.90. The Kier molecular flexibility index (Phi) is 6.65. The molecule has 25 heavy (non-hydrogen) atoms. The summed E-state index contributed by atoms with van der Waals surface area (Å²) in [4.78, 5) is 24.4. The van der Waals surface area contributed by atoms with Crippen molar-refractivity contribution in [2.75, 3.05) is 6.54 Å². The molecule has 0 fully saturated rings. The molecule has 0 saturated heterocycles. The minimum atomic E-state index is -0.859. The number of benzene rings is 2. The van der Waals surface area contributed by atoms with E-state index < -0.39 is 11.4 Å². The number of hydrogen-bond donors (Lipinski definition) is 2. The van der Waals surface area contributed by atoms with Crippen molar-refractivity contribution >= 4 is 23.6 Å². The zero-order valence-electron chi connectivity index (χ0n) is 14.5. The fourth-order valence-corrected chi connectivity index (χ4v) is 3.01. The van der Waals surface area contributed by atoms with Crippen molar-refractivity contribution in [2.45, 2.75) is 30.9 Å². The number of rotatable bonds is 8. The number of hydrogen-bond acceptors (Lipinski definition) is 3. The van der Waals surface area contributed by atoms with E-state index in [0.717, 1.165) is 11.3 Å². The molecule has 2 aromatic rings. The molecule has 0 heterocycles. The summed E-state index contributed by atoms with van der Waals surface area (Å²) in [6.45, 7) is 3.64. The summed E-state index contributed by atoms with van der Waals surface area (Å²) in [6, 6.07) is 17.7. The lowest BCUT2D eigenvalue weighted by Gasteiger charge is -2.18. The average molecular weight is 357 g/mol. The van der Waals surface area contributed by atoms with Gasteiger partial charge in [0.2, 0.25) is 0 Å². The molecule has 2 rings (SSSR count). The minimum Gasteiger partial charge on any atom is -0.481 e. The standard InChI is InChI=1S/C20H23NO3S/c1-20(2,19(23)24)12-13-21-18(22)16-10-8-15(9-11-16)14-25-17-6-4-3-5-7-17/h3-11H,12-14H2,1-2H3,(H,21,22)(H,23,24). The molecule has 0 aliphatic carbocycles. The predicted molar refractivity (Wildman–Crippen MR) is 101 cm³/mol. The van der Waals surface area contributed by atoms with Crippen LogP contribution in [0.4, 0.5) is 0 Å². The second-order valence-corrected chi connectivity index (χ2v) is 7.54. The summed E-state index contributed by atoms with van der Waals surface area (Å²) in [7, 11) is 0. The van der Waals surface area contributed by atoms with Gasteiger partial charge < -0.3 is 10.4 Å². The molecule has 2 aromatic carbocycles. The van der Waals surface area contributed by atoms with Gasteiger partial charge in [-0.05, 0) is 50.1 Å². The Labute approximate surface area is 152 Å². The third kappa shape index (κ3) is 5.94. The molecule has 1 amide bonds. The molecule has 0 aromatic heterocycles. The topological polar surface area (TPSA) is 66.4 Å². The van der Waals surface area contributed by atoms with Crippen LogP contribution in [-0.4, -0.2) is 23.5 Å². The number of amides is 1. The number of carbonyl (C=O) groups excluding carboxylic acids is 1. The van der Waals surface area contributed by atoms with Gasteiger partial charge in [-0.3, -0.25) is 9.59 Å². The Morgan fingerprint density at radius 3 is 2.28 bits per heavy atom. The molecule has 2 N–H and O–H groups in total. The first-order valence-corrected chi connectivity index (χ1v) is 9.15. The van der Waals surface area contributed by atoms with Crippen LogP contribution in [0.1, 0.15) is 36.2 Å². The van der Waals surface area contributed by atoms with Gasteiger partial charge in [-0.15, -0.1) is 11.8 Å².